The number of nitrogens with one attached hydrogen (secondary N) is 1. The van der Waals surface area contributed by atoms with Gasteiger partial charge in [-0.25, -0.2) is 0 Å². The minimum absolute atomic E-state index is 0.134. The van der Waals surface area contributed by atoms with Crippen molar-refractivity contribution in [2.75, 3.05) is 13.2 Å². The minimum atomic E-state index is -0.134. The molecule has 0 radical (unpaired) electrons. The Bertz CT molecular complexity index is 439. The number of hydrogen-bond acceptors (Lipinski definition) is 3. The molecule has 1 aliphatic rings. The molecule has 21 heavy (non-hydrogen) atoms. The first-order valence-electron chi connectivity index (χ1n) is 8.19. The Morgan fingerprint density at radius 1 is 1.33 bits per heavy atom. The average Bonchev–Trinajstić information content (AvgIpc) is 2.45. The summed E-state index contributed by atoms with van der Waals surface area (Å²) >= 11 is 0. The fourth-order valence-corrected chi connectivity index (χ4v) is 3.11. The van der Waals surface area contributed by atoms with E-state index in [1.807, 2.05) is 6.07 Å². The van der Waals surface area contributed by atoms with Crippen LogP contribution in [0.1, 0.15) is 58.6 Å². The predicted octanol–water partition coefficient (Wildman–Crippen LogP) is 4.08. The van der Waals surface area contributed by atoms with Crippen LogP contribution in [0.4, 0.5) is 0 Å². The third kappa shape index (κ3) is 4.21. The molecule has 0 aromatic heterocycles. The zero-order valence-electron chi connectivity index (χ0n) is 13.8. The van der Waals surface area contributed by atoms with Gasteiger partial charge in [-0.3, -0.25) is 0 Å². The summed E-state index contributed by atoms with van der Waals surface area (Å²) in [6, 6.07) is 8.62. The van der Waals surface area contributed by atoms with Crippen molar-refractivity contribution >= 4 is 0 Å². The van der Waals surface area contributed by atoms with Gasteiger partial charge in [-0.2, -0.15) is 0 Å². The van der Waals surface area contributed by atoms with E-state index < -0.39 is 0 Å². The molecule has 1 aromatic rings. The van der Waals surface area contributed by atoms with Crippen LogP contribution in [-0.2, 0) is 4.74 Å². The van der Waals surface area contributed by atoms with Gasteiger partial charge in [0.25, 0.3) is 0 Å². The van der Waals surface area contributed by atoms with E-state index in [-0.39, 0.29) is 17.7 Å². The highest BCUT2D eigenvalue weighted by molar-refractivity contribution is 5.32. The monoisotopic (exact) mass is 291 g/mol. The third-order valence-electron chi connectivity index (χ3n) is 4.08. The molecule has 1 N–H and O–H groups in total. The van der Waals surface area contributed by atoms with Crippen LogP contribution < -0.4 is 10.1 Å². The highest BCUT2D eigenvalue weighted by Crippen LogP contribution is 2.37. The Balaban J connectivity index is 2.24. The minimum Gasteiger partial charge on any atom is -0.491 e. The number of ether oxygens (including phenoxy) is 2. The van der Waals surface area contributed by atoms with E-state index >= 15 is 0 Å². The van der Waals surface area contributed by atoms with Crippen LogP contribution in [0.25, 0.3) is 0 Å². The lowest BCUT2D eigenvalue weighted by molar-refractivity contribution is -0.0895. The summed E-state index contributed by atoms with van der Waals surface area (Å²) < 4.78 is 12.0. The van der Waals surface area contributed by atoms with Crippen molar-refractivity contribution in [2.45, 2.75) is 64.7 Å². The molecule has 0 amide bonds. The van der Waals surface area contributed by atoms with E-state index in [1.54, 1.807) is 0 Å². The topological polar surface area (TPSA) is 30.5 Å². The quantitative estimate of drug-likeness (QED) is 0.856. The largest absolute Gasteiger partial charge is 0.491 e. The van der Waals surface area contributed by atoms with E-state index in [0.29, 0.717) is 0 Å². The maximum absolute atomic E-state index is 6.15. The van der Waals surface area contributed by atoms with E-state index in [4.69, 9.17) is 9.47 Å². The van der Waals surface area contributed by atoms with Gasteiger partial charge in [0.1, 0.15) is 5.75 Å². The van der Waals surface area contributed by atoms with E-state index in [2.05, 4.69) is 51.2 Å². The molecule has 1 aromatic carbocycles. The molecular formula is C18H29NO2. The normalized spacial score (nSPS) is 24.0. The lowest BCUT2D eigenvalue weighted by atomic mass is 9.84. The predicted molar refractivity (Wildman–Crippen MR) is 86.8 cm³/mol. The Kier molecular flexibility index (Phi) is 5.65. The first-order chi connectivity index (χ1) is 10.0. The molecule has 2 unspecified atom stereocenters. The van der Waals surface area contributed by atoms with Crippen molar-refractivity contribution in [1.82, 2.24) is 5.32 Å². The fourth-order valence-electron chi connectivity index (χ4n) is 3.11. The van der Waals surface area contributed by atoms with Gasteiger partial charge in [0, 0.05) is 6.61 Å². The van der Waals surface area contributed by atoms with E-state index in [9.17, 15) is 0 Å². The standard InChI is InChI=1S/C18H29NO2/c1-5-19-17(18(4)11-6-7-12-20-18)15-9-8-10-16(13-15)21-14(2)3/h8-10,13-14,17,19H,5-7,11-12H2,1-4H3. The molecule has 1 fully saturated rings. The smallest absolute Gasteiger partial charge is 0.120 e. The van der Waals surface area contributed by atoms with Gasteiger partial charge in [0.2, 0.25) is 0 Å². The van der Waals surface area contributed by atoms with Crippen molar-refractivity contribution in [3.63, 3.8) is 0 Å². The first kappa shape index (κ1) is 16.3. The maximum Gasteiger partial charge on any atom is 0.120 e. The number of likely N-dealkylation sites (N-methyl/N-ethyl adjacent to an activating group) is 1. The zero-order chi connectivity index (χ0) is 15.3. The molecule has 1 aliphatic heterocycles. The fraction of sp³-hybridized carbons (Fsp3) is 0.667. The Morgan fingerprint density at radius 3 is 2.76 bits per heavy atom. The molecule has 1 heterocycles. The van der Waals surface area contributed by atoms with Crippen LogP contribution in [0.5, 0.6) is 5.75 Å². The second kappa shape index (κ2) is 7.28. The van der Waals surface area contributed by atoms with Gasteiger partial charge in [-0.15, -0.1) is 0 Å². The van der Waals surface area contributed by atoms with Crippen molar-refractivity contribution in [2.24, 2.45) is 0 Å². The van der Waals surface area contributed by atoms with Crippen LogP contribution in [0.15, 0.2) is 24.3 Å². The number of rotatable bonds is 6. The lowest BCUT2D eigenvalue weighted by Gasteiger charge is -2.41. The molecular weight excluding hydrogens is 262 g/mol. The zero-order valence-corrected chi connectivity index (χ0v) is 13.8. The first-order valence-corrected chi connectivity index (χ1v) is 8.19. The van der Waals surface area contributed by atoms with Crippen LogP contribution in [0.3, 0.4) is 0 Å². The molecule has 0 spiro atoms. The Morgan fingerprint density at radius 2 is 2.14 bits per heavy atom. The molecule has 0 saturated carbocycles. The van der Waals surface area contributed by atoms with Crippen molar-refractivity contribution in [1.29, 1.82) is 0 Å². The second-order valence-corrected chi connectivity index (χ2v) is 6.35. The molecule has 2 rings (SSSR count). The summed E-state index contributed by atoms with van der Waals surface area (Å²) in [5, 5.41) is 3.61. The van der Waals surface area contributed by atoms with Gasteiger partial charge in [0.15, 0.2) is 0 Å². The van der Waals surface area contributed by atoms with Gasteiger partial charge in [-0.05, 0) is 64.3 Å². The Hall–Kier alpha value is -1.06. The van der Waals surface area contributed by atoms with E-state index in [0.717, 1.165) is 25.3 Å². The maximum atomic E-state index is 6.15. The van der Waals surface area contributed by atoms with Crippen LogP contribution in [0.2, 0.25) is 0 Å². The van der Waals surface area contributed by atoms with Gasteiger partial charge < -0.3 is 14.8 Å². The SMILES string of the molecule is CCNC(c1cccc(OC(C)C)c1)C1(C)CCCCO1. The average molecular weight is 291 g/mol. The van der Waals surface area contributed by atoms with E-state index in [1.165, 1.54) is 18.4 Å². The second-order valence-electron chi connectivity index (χ2n) is 6.35. The highest BCUT2D eigenvalue weighted by atomic mass is 16.5. The molecule has 3 heteroatoms. The van der Waals surface area contributed by atoms with Gasteiger partial charge >= 0.3 is 0 Å². The summed E-state index contributed by atoms with van der Waals surface area (Å²) in [6.07, 6.45) is 3.70. The highest BCUT2D eigenvalue weighted by Gasteiger charge is 2.37. The van der Waals surface area contributed by atoms with Gasteiger partial charge in [-0.1, -0.05) is 19.1 Å². The summed E-state index contributed by atoms with van der Waals surface area (Å²) in [4.78, 5) is 0. The molecule has 0 aliphatic carbocycles. The lowest BCUT2D eigenvalue weighted by Crippen LogP contribution is -2.45. The molecule has 3 nitrogen and oxygen atoms in total. The van der Waals surface area contributed by atoms with Crippen LogP contribution in [-0.4, -0.2) is 24.9 Å². The molecule has 0 bridgehead atoms. The number of hydrogen-bond donors (Lipinski definition) is 1. The van der Waals surface area contributed by atoms with Crippen molar-refractivity contribution in [3.8, 4) is 5.75 Å². The number of benzene rings is 1. The summed E-state index contributed by atoms with van der Waals surface area (Å²) in [6.45, 7) is 10.3. The summed E-state index contributed by atoms with van der Waals surface area (Å²) in [5.74, 6) is 0.935. The van der Waals surface area contributed by atoms with Crippen LogP contribution in [0, 0.1) is 0 Å². The van der Waals surface area contributed by atoms with Crippen molar-refractivity contribution < 1.29 is 9.47 Å². The molecule has 1 saturated heterocycles. The van der Waals surface area contributed by atoms with Crippen molar-refractivity contribution in [3.05, 3.63) is 29.8 Å². The van der Waals surface area contributed by atoms with Gasteiger partial charge in [0.05, 0.1) is 17.7 Å². The Labute approximate surface area is 129 Å². The molecule has 118 valence electrons. The summed E-state index contributed by atoms with van der Waals surface area (Å²) in [5.41, 5.74) is 1.12. The van der Waals surface area contributed by atoms with Crippen LogP contribution >= 0.6 is 0 Å². The summed E-state index contributed by atoms with van der Waals surface area (Å²) in [7, 11) is 0. The molecule has 2 atom stereocenters. The third-order valence-corrected chi connectivity index (χ3v) is 4.08.